The highest BCUT2D eigenvalue weighted by atomic mass is 16.5. The molecule has 7 nitrogen and oxygen atoms in total. The van der Waals surface area contributed by atoms with Crippen molar-refractivity contribution >= 4 is 23.4 Å². The topological polar surface area (TPSA) is 70.6 Å². The first kappa shape index (κ1) is 19.2. The molecule has 7 heteroatoms. The third-order valence-electron chi connectivity index (χ3n) is 3.92. The fourth-order valence-corrected chi connectivity index (χ4v) is 2.50. The van der Waals surface area contributed by atoms with Crippen molar-refractivity contribution in [2.75, 3.05) is 43.3 Å². The minimum absolute atomic E-state index is 0.240. The highest BCUT2D eigenvalue weighted by Crippen LogP contribution is 2.25. The van der Waals surface area contributed by atoms with Crippen molar-refractivity contribution in [3.8, 4) is 11.5 Å². The van der Waals surface area contributed by atoms with Crippen LogP contribution in [0.2, 0.25) is 0 Å². The van der Waals surface area contributed by atoms with Gasteiger partial charge in [-0.25, -0.2) is 4.98 Å². The fourth-order valence-electron chi connectivity index (χ4n) is 2.50. The average molecular weight is 377 g/mol. The summed E-state index contributed by atoms with van der Waals surface area (Å²) in [5.74, 6) is 2.37. The summed E-state index contributed by atoms with van der Waals surface area (Å²) in [7, 11) is 7.47. The van der Waals surface area contributed by atoms with Crippen molar-refractivity contribution < 1.29 is 9.53 Å². The molecule has 1 N–H and O–H groups in total. The number of carbonyl (C=O) groups is 1. The Morgan fingerprint density at radius 2 is 1.54 bits per heavy atom. The zero-order chi connectivity index (χ0) is 20.1. The van der Waals surface area contributed by atoms with E-state index in [2.05, 4.69) is 15.3 Å². The molecule has 1 aromatic heterocycles. The molecule has 0 spiro atoms. The van der Waals surface area contributed by atoms with Crippen LogP contribution in [0, 0.1) is 0 Å². The zero-order valence-electron chi connectivity index (χ0n) is 16.4. The van der Waals surface area contributed by atoms with Crippen molar-refractivity contribution in [2.24, 2.45) is 0 Å². The number of para-hydroxylation sites is 1. The van der Waals surface area contributed by atoms with E-state index < -0.39 is 0 Å². The molecule has 0 unspecified atom stereocenters. The van der Waals surface area contributed by atoms with Gasteiger partial charge in [-0.3, -0.25) is 4.79 Å². The Morgan fingerprint density at radius 1 is 0.893 bits per heavy atom. The van der Waals surface area contributed by atoms with Gasteiger partial charge in [0.15, 0.2) is 5.82 Å². The van der Waals surface area contributed by atoms with Gasteiger partial charge in [0.1, 0.15) is 17.2 Å². The first-order valence-corrected chi connectivity index (χ1v) is 8.80. The number of aromatic nitrogens is 2. The SMILES string of the molecule is CN(C)c1ncc(NC(=O)c2ccc(Oc3ccccc3)cc2)c(N(C)C)n1. The van der Waals surface area contributed by atoms with Crippen molar-refractivity contribution in [1.82, 2.24) is 9.97 Å². The molecule has 1 amide bonds. The van der Waals surface area contributed by atoms with Crippen molar-refractivity contribution in [1.29, 1.82) is 0 Å². The minimum Gasteiger partial charge on any atom is -0.457 e. The van der Waals surface area contributed by atoms with Crippen LogP contribution in [0.15, 0.2) is 60.8 Å². The van der Waals surface area contributed by atoms with E-state index in [1.165, 1.54) is 0 Å². The second-order valence-corrected chi connectivity index (χ2v) is 6.59. The molecule has 0 saturated carbocycles. The van der Waals surface area contributed by atoms with E-state index >= 15 is 0 Å². The summed E-state index contributed by atoms with van der Waals surface area (Å²) in [6.45, 7) is 0. The predicted octanol–water partition coefficient (Wildman–Crippen LogP) is 3.65. The summed E-state index contributed by atoms with van der Waals surface area (Å²) in [5.41, 5.74) is 1.06. The maximum absolute atomic E-state index is 12.6. The van der Waals surface area contributed by atoms with Gasteiger partial charge >= 0.3 is 0 Å². The fraction of sp³-hybridized carbons (Fsp3) is 0.190. The second kappa shape index (κ2) is 8.39. The Labute approximate surface area is 164 Å². The van der Waals surface area contributed by atoms with Crippen LogP contribution in [-0.2, 0) is 0 Å². The summed E-state index contributed by atoms with van der Waals surface area (Å²) in [5, 5.41) is 2.88. The number of rotatable bonds is 6. The van der Waals surface area contributed by atoms with Crippen LogP contribution >= 0.6 is 0 Å². The Bertz CT molecular complexity index is 941. The smallest absolute Gasteiger partial charge is 0.255 e. The van der Waals surface area contributed by atoms with Crippen LogP contribution in [-0.4, -0.2) is 44.1 Å². The lowest BCUT2D eigenvalue weighted by Gasteiger charge is -2.19. The molecule has 0 fully saturated rings. The van der Waals surface area contributed by atoms with E-state index in [1.807, 2.05) is 68.3 Å². The number of hydrogen-bond donors (Lipinski definition) is 1. The molecular weight excluding hydrogens is 354 g/mol. The lowest BCUT2D eigenvalue weighted by Crippen LogP contribution is -2.21. The van der Waals surface area contributed by atoms with E-state index in [4.69, 9.17) is 4.74 Å². The molecule has 0 aliphatic rings. The Morgan fingerprint density at radius 3 is 2.14 bits per heavy atom. The quantitative estimate of drug-likeness (QED) is 0.707. The summed E-state index contributed by atoms with van der Waals surface area (Å²) < 4.78 is 5.75. The van der Waals surface area contributed by atoms with E-state index in [0.29, 0.717) is 28.8 Å². The van der Waals surface area contributed by atoms with Gasteiger partial charge in [0.25, 0.3) is 5.91 Å². The molecule has 0 saturated heterocycles. The first-order valence-electron chi connectivity index (χ1n) is 8.80. The van der Waals surface area contributed by atoms with Crippen molar-refractivity contribution in [3.63, 3.8) is 0 Å². The van der Waals surface area contributed by atoms with Crippen LogP contribution in [0.1, 0.15) is 10.4 Å². The number of benzene rings is 2. The van der Waals surface area contributed by atoms with Gasteiger partial charge in [0.2, 0.25) is 5.95 Å². The van der Waals surface area contributed by atoms with E-state index in [1.54, 1.807) is 30.5 Å². The molecular formula is C21H23N5O2. The Hall–Kier alpha value is -3.61. The summed E-state index contributed by atoms with van der Waals surface area (Å²) >= 11 is 0. The normalized spacial score (nSPS) is 10.3. The number of hydrogen-bond acceptors (Lipinski definition) is 6. The predicted molar refractivity (Wildman–Crippen MR) is 112 cm³/mol. The van der Waals surface area contributed by atoms with Crippen LogP contribution in [0.3, 0.4) is 0 Å². The summed E-state index contributed by atoms with van der Waals surface area (Å²) in [6.07, 6.45) is 1.61. The molecule has 3 rings (SSSR count). The van der Waals surface area contributed by atoms with Gasteiger partial charge < -0.3 is 19.9 Å². The maximum atomic E-state index is 12.6. The number of anilines is 3. The molecule has 0 aliphatic carbocycles. The molecule has 0 aliphatic heterocycles. The number of amides is 1. The van der Waals surface area contributed by atoms with Crippen LogP contribution in [0.5, 0.6) is 11.5 Å². The molecule has 0 atom stereocenters. The van der Waals surface area contributed by atoms with Gasteiger partial charge in [0, 0.05) is 33.8 Å². The number of ether oxygens (including phenoxy) is 1. The van der Waals surface area contributed by atoms with Gasteiger partial charge in [-0.05, 0) is 36.4 Å². The van der Waals surface area contributed by atoms with Gasteiger partial charge in [0.05, 0.1) is 6.20 Å². The van der Waals surface area contributed by atoms with Gasteiger partial charge in [-0.1, -0.05) is 18.2 Å². The lowest BCUT2D eigenvalue weighted by molar-refractivity contribution is 0.102. The molecule has 0 radical (unpaired) electrons. The van der Waals surface area contributed by atoms with Crippen LogP contribution in [0.4, 0.5) is 17.5 Å². The van der Waals surface area contributed by atoms with Crippen molar-refractivity contribution in [3.05, 3.63) is 66.4 Å². The second-order valence-electron chi connectivity index (χ2n) is 6.59. The maximum Gasteiger partial charge on any atom is 0.255 e. The van der Waals surface area contributed by atoms with E-state index in [-0.39, 0.29) is 5.91 Å². The van der Waals surface area contributed by atoms with Gasteiger partial charge in [-0.15, -0.1) is 0 Å². The molecule has 0 bridgehead atoms. The lowest BCUT2D eigenvalue weighted by atomic mass is 10.2. The Kier molecular flexibility index (Phi) is 5.74. The van der Waals surface area contributed by atoms with Crippen LogP contribution < -0.4 is 19.9 Å². The molecule has 28 heavy (non-hydrogen) atoms. The van der Waals surface area contributed by atoms with Crippen molar-refractivity contribution in [2.45, 2.75) is 0 Å². The summed E-state index contributed by atoms with van der Waals surface area (Å²) in [6, 6.07) is 16.5. The first-order chi connectivity index (χ1) is 13.4. The highest BCUT2D eigenvalue weighted by Gasteiger charge is 2.14. The monoisotopic (exact) mass is 377 g/mol. The van der Waals surface area contributed by atoms with E-state index in [9.17, 15) is 4.79 Å². The number of carbonyl (C=O) groups excluding carboxylic acids is 1. The van der Waals surface area contributed by atoms with Crippen LogP contribution in [0.25, 0.3) is 0 Å². The third kappa shape index (κ3) is 4.56. The standard InChI is InChI=1S/C21H23N5O2/c1-25(2)19-18(14-22-21(24-19)26(3)4)23-20(27)15-10-12-17(13-11-15)28-16-8-6-5-7-9-16/h5-14H,1-4H3,(H,23,27). The number of nitrogens with one attached hydrogen (secondary N) is 1. The average Bonchev–Trinajstić information content (AvgIpc) is 2.69. The van der Waals surface area contributed by atoms with E-state index in [0.717, 1.165) is 5.75 Å². The zero-order valence-corrected chi connectivity index (χ0v) is 16.4. The minimum atomic E-state index is -0.240. The highest BCUT2D eigenvalue weighted by molar-refractivity contribution is 6.05. The number of nitrogens with zero attached hydrogens (tertiary/aromatic N) is 4. The van der Waals surface area contributed by atoms with Gasteiger partial charge in [-0.2, -0.15) is 4.98 Å². The largest absolute Gasteiger partial charge is 0.457 e. The molecule has 3 aromatic rings. The third-order valence-corrected chi connectivity index (χ3v) is 3.92. The molecule has 2 aromatic carbocycles. The summed E-state index contributed by atoms with van der Waals surface area (Å²) in [4.78, 5) is 25.1. The Balaban J connectivity index is 1.74. The molecule has 1 heterocycles. The molecule has 144 valence electrons.